The summed E-state index contributed by atoms with van der Waals surface area (Å²) < 4.78 is 5.54. The molecule has 0 heterocycles. The number of hydrogen-bond acceptors (Lipinski definition) is 2. The lowest BCUT2D eigenvalue weighted by Crippen LogP contribution is -2.29. The van der Waals surface area contributed by atoms with Crippen molar-refractivity contribution >= 4 is 0 Å². The Hall–Kier alpha value is -1.49. The molecule has 1 rings (SSSR count). The number of nitriles is 1. The van der Waals surface area contributed by atoms with E-state index in [0.29, 0.717) is 6.42 Å². The minimum Gasteiger partial charge on any atom is -0.473 e. The van der Waals surface area contributed by atoms with Gasteiger partial charge in [-0.2, -0.15) is 5.26 Å². The van der Waals surface area contributed by atoms with Gasteiger partial charge in [0.25, 0.3) is 0 Å². The van der Waals surface area contributed by atoms with Crippen molar-refractivity contribution in [3.63, 3.8) is 0 Å². The van der Waals surface area contributed by atoms with Crippen molar-refractivity contribution in [1.82, 2.24) is 0 Å². The summed E-state index contributed by atoms with van der Waals surface area (Å²) in [5, 5.41) is 8.87. The molecule has 0 saturated carbocycles. The third-order valence-corrected chi connectivity index (χ3v) is 2.00. The van der Waals surface area contributed by atoms with Crippen LogP contribution in [0.4, 0.5) is 0 Å². The Labute approximate surface area is 78.8 Å². The average Bonchev–Trinajstić information content (AvgIpc) is 2.19. The van der Waals surface area contributed by atoms with Crippen molar-refractivity contribution in [2.75, 3.05) is 0 Å². The molecule has 0 amide bonds. The van der Waals surface area contributed by atoms with Gasteiger partial charge in [-0.25, -0.2) is 0 Å². The fourth-order valence-corrected chi connectivity index (χ4v) is 0.923. The van der Waals surface area contributed by atoms with Crippen LogP contribution in [0.3, 0.4) is 0 Å². The molecule has 1 atom stereocenters. The first-order chi connectivity index (χ1) is 6.20. The summed E-state index contributed by atoms with van der Waals surface area (Å²) in [7, 11) is 0. The topological polar surface area (TPSA) is 33.0 Å². The lowest BCUT2D eigenvalue weighted by atomic mass is 10.1. The molecule has 0 N–H and O–H groups in total. The highest BCUT2D eigenvalue weighted by atomic mass is 16.5. The Morgan fingerprint density at radius 2 is 2.00 bits per heavy atom. The minimum atomic E-state index is -0.707. The Morgan fingerprint density at radius 1 is 1.38 bits per heavy atom. The molecule has 1 aromatic carbocycles. The molecule has 1 unspecified atom stereocenters. The number of rotatable bonds is 3. The van der Waals surface area contributed by atoms with Crippen LogP contribution >= 0.6 is 0 Å². The summed E-state index contributed by atoms with van der Waals surface area (Å²) in [6.07, 6.45) is 0.679. The molecular formula is C11H13NO. The van der Waals surface area contributed by atoms with Crippen LogP contribution in [-0.4, -0.2) is 5.60 Å². The van der Waals surface area contributed by atoms with E-state index in [9.17, 15) is 0 Å². The Bertz CT molecular complexity index is 302. The standard InChI is InChI=1S/C11H13NO/c1-3-11(2,9-12)13-10-7-5-4-6-8-10/h4-8H,3H2,1-2H3. The van der Waals surface area contributed by atoms with Crippen LogP contribution in [0, 0.1) is 11.3 Å². The van der Waals surface area contributed by atoms with Crippen molar-refractivity contribution < 1.29 is 4.74 Å². The van der Waals surface area contributed by atoms with Crippen LogP contribution in [0.15, 0.2) is 30.3 Å². The first-order valence-corrected chi connectivity index (χ1v) is 4.35. The van der Waals surface area contributed by atoms with Gasteiger partial charge in [0.15, 0.2) is 5.60 Å². The van der Waals surface area contributed by atoms with Crippen LogP contribution < -0.4 is 4.74 Å². The molecule has 0 radical (unpaired) electrons. The van der Waals surface area contributed by atoms with Crippen LogP contribution in [0.1, 0.15) is 20.3 Å². The Balaban J connectivity index is 2.75. The Kier molecular flexibility index (Phi) is 2.92. The summed E-state index contributed by atoms with van der Waals surface area (Å²) in [6, 6.07) is 11.6. The second-order valence-electron chi connectivity index (χ2n) is 3.11. The summed E-state index contributed by atoms with van der Waals surface area (Å²) in [4.78, 5) is 0. The van der Waals surface area contributed by atoms with Crippen LogP contribution in [0.2, 0.25) is 0 Å². The van der Waals surface area contributed by atoms with Gasteiger partial charge < -0.3 is 4.74 Å². The molecule has 0 aliphatic heterocycles. The van der Waals surface area contributed by atoms with E-state index in [2.05, 4.69) is 6.07 Å². The fourth-order valence-electron chi connectivity index (χ4n) is 0.923. The zero-order chi connectivity index (χ0) is 9.73. The van der Waals surface area contributed by atoms with Crippen LogP contribution in [0.25, 0.3) is 0 Å². The number of hydrogen-bond donors (Lipinski definition) is 0. The van der Waals surface area contributed by atoms with Gasteiger partial charge in [0.05, 0.1) is 0 Å². The second kappa shape index (κ2) is 3.95. The van der Waals surface area contributed by atoms with Gasteiger partial charge >= 0.3 is 0 Å². The smallest absolute Gasteiger partial charge is 0.191 e. The molecule has 13 heavy (non-hydrogen) atoms. The maximum atomic E-state index is 8.87. The molecule has 2 nitrogen and oxygen atoms in total. The molecule has 0 saturated heterocycles. The molecule has 0 aliphatic carbocycles. The molecule has 68 valence electrons. The third-order valence-electron chi connectivity index (χ3n) is 2.00. The summed E-state index contributed by atoms with van der Waals surface area (Å²) in [5.74, 6) is 0.744. The highest BCUT2D eigenvalue weighted by molar-refractivity contribution is 5.23. The lowest BCUT2D eigenvalue weighted by molar-refractivity contribution is 0.144. The monoisotopic (exact) mass is 175 g/mol. The van der Waals surface area contributed by atoms with Crippen molar-refractivity contribution in [1.29, 1.82) is 5.26 Å². The first-order valence-electron chi connectivity index (χ1n) is 4.35. The molecule has 0 bridgehead atoms. The van der Waals surface area contributed by atoms with Gasteiger partial charge in [0.1, 0.15) is 11.8 Å². The highest BCUT2D eigenvalue weighted by Gasteiger charge is 2.22. The lowest BCUT2D eigenvalue weighted by Gasteiger charge is -2.21. The quantitative estimate of drug-likeness (QED) is 0.707. The zero-order valence-corrected chi connectivity index (χ0v) is 7.95. The average molecular weight is 175 g/mol. The summed E-state index contributed by atoms with van der Waals surface area (Å²) >= 11 is 0. The maximum Gasteiger partial charge on any atom is 0.191 e. The number of ether oxygens (including phenoxy) is 1. The van der Waals surface area contributed by atoms with Crippen molar-refractivity contribution in [3.8, 4) is 11.8 Å². The third kappa shape index (κ3) is 2.48. The van der Waals surface area contributed by atoms with E-state index in [-0.39, 0.29) is 0 Å². The fraction of sp³-hybridized carbons (Fsp3) is 0.364. The van der Waals surface area contributed by atoms with Crippen molar-refractivity contribution in [2.45, 2.75) is 25.9 Å². The summed E-state index contributed by atoms with van der Waals surface area (Å²) in [6.45, 7) is 3.73. The highest BCUT2D eigenvalue weighted by Crippen LogP contribution is 2.19. The number of nitrogens with zero attached hydrogens (tertiary/aromatic N) is 1. The van der Waals surface area contributed by atoms with E-state index in [4.69, 9.17) is 10.00 Å². The predicted molar refractivity (Wildman–Crippen MR) is 51.4 cm³/mol. The van der Waals surface area contributed by atoms with Gasteiger partial charge in [-0.1, -0.05) is 25.1 Å². The molecular weight excluding hydrogens is 162 g/mol. The molecule has 0 aromatic heterocycles. The molecule has 0 spiro atoms. The zero-order valence-electron chi connectivity index (χ0n) is 7.95. The van der Waals surface area contributed by atoms with E-state index >= 15 is 0 Å². The van der Waals surface area contributed by atoms with Gasteiger partial charge in [0.2, 0.25) is 0 Å². The Morgan fingerprint density at radius 3 is 2.46 bits per heavy atom. The minimum absolute atomic E-state index is 0.679. The van der Waals surface area contributed by atoms with Crippen LogP contribution in [0.5, 0.6) is 5.75 Å². The van der Waals surface area contributed by atoms with E-state index in [1.54, 1.807) is 6.92 Å². The van der Waals surface area contributed by atoms with Gasteiger partial charge in [0, 0.05) is 0 Å². The van der Waals surface area contributed by atoms with E-state index in [0.717, 1.165) is 5.75 Å². The van der Waals surface area contributed by atoms with Gasteiger partial charge in [-0.3, -0.25) is 0 Å². The second-order valence-corrected chi connectivity index (χ2v) is 3.11. The van der Waals surface area contributed by atoms with E-state index < -0.39 is 5.60 Å². The van der Waals surface area contributed by atoms with E-state index in [1.165, 1.54) is 0 Å². The van der Waals surface area contributed by atoms with Crippen LogP contribution in [-0.2, 0) is 0 Å². The number of benzene rings is 1. The largest absolute Gasteiger partial charge is 0.473 e. The molecule has 2 heteroatoms. The molecule has 0 fully saturated rings. The summed E-state index contributed by atoms with van der Waals surface area (Å²) in [5.41, 5.74) is -0.707. The van der Waals surface area contributed by atoms with E-state index in [1.807, 2.05) is 37.3 Å². The molecule has 0 aliphatic rings. The number of para-hydroxylation sites is 1. The maximum absolute atomic E-state index is 8.87. The molecule has 1 aromatic rings. The predicted octanol–water partition coefficient (Wildman–Crippen LogP) is 2.76. The van der Waals surface area contributed by atoms with Gasteiger partial charge in [-0.15, -0.1) is 0 Å². The first kappa shape index (κ1) is 9.60. The normalized spacial score (nSPS) is 14.2. The SMILES string of the molecule is CCC(C)(C#N)Oc1ccccc1. The van der Waals surface area contributed by atoms with Crippen molar-refractivity contribution in [2.24, 2.45) is 0 Å². The van der Waals surface area contributed by atoms with Gasteiger partial charge in [-0.05, 0) is 25.5 Å². The van der Waals surface area contributed by atoms with Crippen molar-refractivity contribution in [3.05, 3.63) is 30.3 Å².